The Bertz CT molecular complexity index is 744. The Hall–Kier alpha value is -3.09. The first kappa shape index (κ1) is 18.3. The third-order valence-electron chi connectivity index (χ3n) is 3.60. The van der Waals surface area contributed by atoms with Crippen molar-refractivity contribution in [2.75, 3.05) is 12.5 Å². The highest BCUT2D eigenvalue weighted by Gasteiger charge is 2.12. The number of non-ortho nitro benzene ring substituents is 1. The van der Waals surface area contributed by atoms with Crippen LogP contribution in [0.3, 0.4) is 0 Å². The van der Waals surface area contributed by atoms with Gasteiger partial charge in [-0.25, -0.2) is 0 Å². The minimum Gasteiger partial charge on any atom is -0.493 e. The number of para-hydroxylation sites is 1. The van der Waals surface area contributed by atoms with Gasteiger partial charge in [0.1, 0.15) is 0 Å². The summed E-state index contributed by atoms with van der Waals surface area (Å²) in [6, 6.07) is 11.6. The number of benzene rings is 2. The molecule has 0 amide bonds. The van der Waals surface area contributed by atoms with Crippen LogP contribution in [0, 0.1) is 10.1 Å². The van der Waals surface area contributed by atoms with Crippen LogP contribution in [-0.2, 0) is 0 Å². The van der Waals surface area contributed by atoms with Crippen LogP contribution in [0.1, 0.15) is 25.8 Å². The molecule has 0 aliphatic carbocycles. The molecule has 0 spiro atoms. The lowest BCUT2D eigenvalue weighted by molar-refractivity contribution is -0.384. The van der Waals surface area contributed by atoms with Crippen LogP contribution < -0.4 is 14.9 Å². The fourth-order valence-electron chi connectivity index (χ4n) is 2.04. The summed E-state index contributed by atoms with van der Waals surface area (Å²) in [5.41, 5.74) is 4.30. The van der Waals surface area contributed by atoms with Gasteiger partial charge in [0.2, 0.25) is 0 Å². The molecule has 0 heterocycles. The molecule has 0 aromatic heterocycles. The lowest BCUT2D eigenvalue weighted by Crippen LogP contribution is -2.12. The van der Waals surface area contributed by atoms with E-state index < -0.39 is 4.92 Å². The molecular formula is C18H21N3O4. The summed E-state index contributed by atoms with van der Waals surface area (Å²) in [6.45, 7) is 4.03. The van der Waals surface area contributed by atoms with Gasteiger partial charge in [-0.2, -0.15) is 5.10 Å². The van der Waals surface area contributed by atoms with Crippen LogP contribution in [0.4, 0.5) is 11.4 Å². The average Bonchev–Trinajstić information content (AvgIpc) is 2.63. The van der Waals surface area contributed by atoms with E-state index in [0.717, 1.165) is 12.0 Å². The predicted molar refractivity (Wildman–Crippen MR) is 97.7 cm³/mol. The number of hydrazone groups is 1. The molecule has 0 fully saturated rings. The van der Waals surface area contributed by atoms with Gasteiger partial charge in [0, 0.05) is 17.7 Å². The third kappa shape index (κ3) is 4.94. The normalized spacial score (nSPS) is 12.0. The van der Waals surface area contributed by atoms with Gasteiger partial charge in [-0.3, -0.25) is 15.5 Å². The topological polar surface area (TPSA) is 86.0 Å². The van der Waals surface area contributed by atoms with Gasteiger partial charge < -0.3 is 9.47 Å². The molecule has 0 unspecified atom stereocenters. The maximum atomic E-state index is 10.7. The molecule has 132 valence electrons. The van der Waals surface area contributed by atoms with Crippen molar-refractivity contribution in [2.24, 2.45) is 5.10 Å². The number of ether oxygens (including phenoxy) is 2. The van der Waals surface area contributed by atoms with Crippen molar-refractivity contribution in [1.82, 2.24) is 0 Å². The van der Waals surface area contributed by atoms with E-state index in [9.17, 15) is 10.1 Å². The van der Waals surface area contributed by atoms with Gasteiger partial charge in [0.05, 0.1) is 30.0 Å². The molecule has 2 aromatic rings. The number of hydrogen-bond donors (Lipinski definition) is 1. The number of nitrogens with zero attached hydrogens (tertiary/aromatic N) is 2. The molecule has 0 bridgehead atoms. The zero-order valence-corrected chi connectivity index (χ0v) is 14.4. The quantitative estimate of drug-likeness (QED) is 0.440. The minimum absolute atomic E-state index is 0.0339. The number of methoxy groups -OCH3 is 1. The first-order valence-corrected chi connectivity index (χ1v) is 7.92. The van der Waals surface area contributed by atoms with Crippen LogP contribution in [0.5, 0.6) is 11.5 Å². The third-order valence-corrected chi connectivity index (χ3v) is 3.60. The molecule has 7 nitrogen and oxygen atoms in total. The zero-order chi connectivity index (χ0) is 18.2. The Labute approximate surface area is 146 Å². The molecule has 0 saturated carbocycles. The Morgan fingerprint density at radius 2 is 2.00 bits per heavy atom. The summed E-state index contributed by atoms with van der Waals surface area (Å²) < 4.78 is 11.3. The smallest absolute Gasteiger partial charge is 0.269 e. The van der Waals surface area contributed by atoms with Crippen LogP contribution in [0.25, 0.3) is 0 Å². The highest BCUT2D eigenvalue weighted by molar-refractivity contribution is 5.85. The van der Waals surface area contributed by atoms with Crippen molar-refractivity contribution >= 4 is 17.6 Å². The first-order valence-electron chi connectivity index (χ1n) is 7.92. The summed E-state index contributed by atoms with van der Waals surface area (Å²) in [6.07, 6.45) is 2.54. The lowest BCUT2D eigenvalue weighted by Gasteiger charge is -2.17. The second-order valence-corrected chi connectivity index (χ2v) is 5.39. The van der Waals surface area contributed by atoms with Crippen LogP contribution in [-0.4, -0.2) is 24.4 Å². The van der Waals surface area contributed by atoms with Crippen LogP contribution >= 0.6 is 0 Å². The number of hydrogen-bond acceptors (Lipinski definition) is 6. The zero-order valence-electron chi connectivity index (χ0n) is 14.4. The molecule has 1 atom stereocenters. The number of nitro benzene ring substituents is 1. The highest BCUT2D eigenvalue weighted by atomic mass is 16.6. The summed E-state index contributed by atoms with van der Waals surface area (Å²) >= 11 is 0. The number of anilines is 1. The van der Waals surface area contributed by atoms with Crippen molar-refractivity contribution in [2.45, 2.75) is 26.4 Å². The Morgan fingerprint density at radius 1 is 1.28 bits per heavy atom. The van der Waals surface area contributed by atoms with E-state index in [-0.39, 0.29) is 11.8 Å². The van der Waals surface area contributed by atoms with Crippen molar-refractivity contribution < 1.29 is 14.4 Å². The van der Waals surface area contributed by atoms with E-state index in [1.165, 1.54) is 12.1 Å². The van der Waals surface area contributed by atoms with Gasteiger partial charge in [-0.1, -0.05) is 13.0 Å². The molecule has 0 radical (unpaired) electrons. The van der Waals surface area contributed by atoms with Crippen LogP contribution in [0.15, 0.2) is 47.6 Å². The van der Waals surface area contributed by atoms with Gasteiger partial charge in [0.25, 0.3) is 5.69 Å². The molecule has 2 aromatic carbocycles. The standard InChI is InChI=1S/C18H21N3O4/c1-4-13(2)25-18-14(6-5-7-17(18)24-3)12-19-20-15-8-10-16(11-9-15)21(22)23/h5-13,20H,4H2,1-3H3/b19-12-/t13-/m0/s1. The van der Waals surface area contributed by atoms with Crippen molar-refractivity contribution in [3.8, 4) is 11.5 Å². The van der Waals surface area contributed by atoms with Gasteiger partial charge >= 0.3 is 0 Å². The largest absolute Gasteiger partial charge is 0.493 e. The van der Waals surface area contributed by atoms with E-state index in [2.05, 4.69) is 10.5 Å². The maximum absolute atomic E-state index is 10.7. The van der Waals surface area contributed by atoms with Crippen molar-refractivity contribution in [1.29, 1.82) is 0 Å². The van der Waals surface area contributed by atoms with E-state index in [1.54, 1.807) is 25.5 Å². The molecule has 0 aliphatic heterocycles. The SMILES string of the molecule is CC[C@H](C)Oc1c(/C=N\Nc2ccc([N+](=O)[O-])cc2)cccc1OC. The van der Waals surface area contributed by atoms with E-state index in [1.807, 2.05) is 32.0 Å². The van der Waals surface area contributed by atoms with E-state index in [4.69, 9.17) is 9.47 Å². The molecule has 1 N–H and O–H groups in total. The fraction of sp³-hybridized carbons (Fsp3) is 0.278. The van der Waals surface area contributed by atoms with Gasteiger partial charge in [-0.05, 0) is 37.6 Å². The van der Waals surface area contributed by atoms with Crippen LogP contribution in [0.2, 0.25) is 0 Å². The van der Waals surface area contributed by atoms with Gasteiger partial charge in [0.15, 0.2) is 11.5 Å². The summed E-state index contributed by atoms with van der Waals surface area (Å²) in [7, 11) is 1.59. The lowest BCUT2D eigenvalue weighted by atomic mass is 10.2. The van der Waals surface area contributed by atoms with Gasteiger partial charge in [-0.15, -0.1) is 0 Å². The second-order valence-electron chi connectivity index (χ2n) is 5.39. The number of rotatable bonds is 8. The average molecular weight is 343 g/mol. The second kappa shape index (κ2) is 8.68. The minimum atomic E-state index is -0.443. The Balaban J connectivity index is 2.15. The molecule has 7 heteroatoms. The van der Waals surface area contributed by atoms with E-state index in [0.29, 0.717) is 17.2 Å². The molecular weight excluding hydrogens is 322 g/mol. The van der Waals surface area contributed by atoms with Crippen molar-refractivity contribution in [3.63, 3.8) is 0 Å². The summed E-state index contributed by atoms with van der Waals surface area (Å²) in [5.74, 6) is 1.27. The maximum Gasteiger partial charge on any atom is 0.269 e. The molecule has 2 rings (SSSR count). The first-order chi connectivity index (χ1) is 12.0. The highest BCUT2D eigenvalue weighted by Crippen LogP contribution is 2.31. The Kier molecular flexibility index (Phi) is 6.33. The molecule has 25 heavy (non-hydrogen) atoms. The summed E-state index contributed by atoms with van der Waals surface area (Å²) in [4.78, 5) is 10.2. The van der Waals surface area contributed by atoms with E-state index >= 15 is 0 Å². The molecule has 0 saturated heterocycles. The summed E-state index contributed by atoms with van der Waals surface area (Å²) in [5, 5.41) is 14.8. The monoisotopic (exact) mass is 343 g/mol. The molecule has 0 aliphatic rings. The number of nitrogens with one attached hydrogen (secondary N) is 1. The van der Waals surface area contributed by atoms with Crippen molar-refractivity contribution in [3.05, 3.63) is 58.1 Å². The number of nitro groups is 1. The fourth-order valence-corrected chi connectivity index (χ4v) is 2.04. The Morgan fingerprint density at radius 3 is 2.60 bits per heavy atom. The predicted octanol–water partition coefficient (Wildman–Crippen LogP) is 4.23.